The summed E-state index contributed by atoms with van der Waals surface area (Å²) in [5.41, 5.74) is -0.280. The topological polar surface area (TPSA) is 56.9 Å². The van der Waals surface area contributed by atoms with Crippen molar-refractivity contribution in [2.45, 2.75) is 20.8 Å². The number of ether oxygens (including phenoxy) is 1. The predicted molar refractivity (Wildman–Crippen MR) is 37.1 cm³/mol. The van der Waals surface area contributed by atoms with Crippen LogP contribution in [-0.4, -0.2) is 12.3 Å². The first-order valence-electron chi connectivity index (χ1n) is 2.73. The minimum Gasteiger partial charge on any atom is -0.432 e. The van der Waals surface area contributed by atoms with Crippen LogP contribution >= 0.6 is 0 Å². The minimum atomic E-state index is -0.280. The Hall–Kier alpha value is -0.860. The maximum Gasteiger partial charge on any atom is 0.194 e. The fraction of sp³-hybridized carbons (Fsp3) is 0.667. The second-order valence-electron chi connectivity index (χ2n) is 2.81. The lowest BCUT2D eigenvalue weighted by molar-refractivity contribution is 0.431. The van der Waals surface area contributed by atoms with Crippen molar-refractivity contribution in [1.29, 1.82) is 10.8 Å². The van der Waals surface area contributed by atoms with E-state index in [1.807, 2.05) is 20.8 Å². The van der Waals surface area contributed by atoms with Gasteiger partial charge in [0.25, 0.3) is 0 Å². The molecule has 0 rings (SSSR count). The van der Waals surface area contributed by atoms with E-state index in [4.69, 9.17) is 10.8 Å². The summed E-state index contributed by atoms with van der Waals surface area (Å²) >= 11 is 0. The van der Waals surface area contributed by atoms with Gasteiger partial charge in [0, 0.05) is 5.41 Å². The molecule has 0 unspecified atom stereocenters. The first kappa shape index (κ1) is 8.14. The van der Waals surface area contributed by atoms with Crippen molar-refractivity contribution >= 4 is 12.3 Å². The Morgan fingerprint density at radius 3 is 2.00 bits per heavy atom. The fourth-order valence-corrected chi connectivity index (χ4v) is 0.236. The Kier molecular flexibility index (Phi) is 2.37. The van der Waals surface area contributed by atoms with Gasteiger partial charge in [-0.3, -0.25) is 10.8 Å². The van der Waals surface area contributed by atoms with Crippen molar-refractivity contribution in [1.82, 2.24) is 0 Å². The molecule has 0 aliphatic heterocycles. The summed E-state index contributed by atoms with van der Waals surface area (Å²) in [5.74, 6) is 0.123. The van der Waals surface area contributed by atoms with Crippen molar-refractivity contribution < 1.29 is 4.74 Å². The lowest BCUT2D eigenvalue weighted by atomic mass is 9.97. The fourth-order valence-electron chi connectivity index (χ4n) is 0.236. The molecule has 0 aromatic rings. The summed E-state index contributed by atoms with van der Waals surface area (Å²) in [6.45, 7) is 5.58. The molecule has 0 aliphatic carbocycles. The van der Waals surface area contributed by atoms with Gasteiger partial charge in [0.1, 0.15) is 0 Å². The van der Waals surface area contributed by atoms with Gasteiger partial charge in [-0.2, -0.15) is 0 Å². The standard InChI is InChI=1S/C6H12N2O/c1-6(2,3)5(8)9-4-7/h4,7-8H,1-3H3. The number of rotatable bonds is 1. The number of hydrogen-bond donors (Lipinski definition) is 2. The molecule has 52 valence electrons. The molecule has 0 amide bonds. The molecule has 0 aromatic heterocycles. The summed E-state index contributed by atoms with van der Waals surface area (Å²) in [7, 11) is 0. The zero-order valence-electron chi connectivity index (χ0n) is 5.99. The maximum atomic E-state index is 7.17. The molecule has 0 spiro atoms. The first-order valence-corrected chi connectivity index (χ1v) is 2.73. The lowest BCUT2D eigenvalue weighted by Crippen LogP contribution is -2.21. The summed E-state index contributed by atoms with van der Waals surface area (Å²) in [6, 6.07) is 0. The Morgan fingerprint density at radius 1 is 1.44 bits per heavy atom. The largest absolute Gasteiger partial charge is 0.432 e. The smallest absolute Gasteiger partial charge is 0.194 e. The third-order valence-corrected chi connectivity index (χ3v) is 0.858. The van der Waals surface area contributed by atoms with Gasteiger partial charge in [0.15, 0.2) is 12.3 Å². The molecular weight excluding hydrogens is 116 g/mol. The zero-order valence-corrected chi connectivity index (χ0v) is 5.99. The molecule has 0 aromatic carbocycles. The van der Waals surface area contributed by atoms with Crippen molar-refractivity contribution in [2.75, 3.05) is 0 Å². The molecule has 0 fully saturated rings. The summed E-state index contributed by atoms with van der Waals surface area (Å²) in [6.07, 6.45) is 0.771. The van der Waals surface area contributed by atoms with Crippen LogP contribution < -0.4 is 0 Å². The monoisotopic (exact) mass is 128 g/mol. The molecular formula is C6H12N2O. The summed E-state index contributed by atoms with van der Waals surface area (Å²) < 4.78 is 4.53. The highest BCUT2D eigenvalue weighted by Gasteiger charge is 2.17. The van der Waals surface area contributed by atoms with Crippen LogP contribution in [-0.2, 0) is 4.74 Å². The highest BCUT2D eigenvalue weighted by molar-refractivity contribution is 5.83. The predicted octanol–water partition coefficient (Wildman–Crippen LogP) is 1.63. The number of nitrogens with one attached hydrogen (secondary N) is 2. The van der Waals surface area contributed by atoms with Crippen LogP contribution in [0.3, 0.4) is 0 Å². The normalized spacial score (nSPS) is 10.6. The van der Waals surface area contributed by atoms with Gasteiger partial charge in [-0.25, -0.2) is 0 Å². The molecule has 0 bridgehead atoms. The van der Waals surface area contributed by atoms with E-state index in [-0.39, 0.29) is 11.3 Å². The van der Waals surface area contributed by atoms with Crippen molar-refractivity contribution in [3.05, 3.63) is 0 Å². The van der Waals surface area contributed by atoms with Crippen LogP contribution in [0, 0.1) is 16.2 Å². The molecule has 0 radical (unpaired) electrons. The molecule has 0 saturated heterocycles. The third kappa shape index (κ3) is 2.85. The molecule has 0 aliphatic rings. The molecule has 3 nitrogen and oxygen atoms in total. The lowest BCUT2D eigenvalue weighted by Gasteiger charge is -2.16. The van der Waals surface area contributed by atoms with Crippen LogP contribution in [0.1, 0.15) is 20.8 Å². The average Bonchev–Trinajstić information content (AvgIpc) is 1.64. The number of hydrogen-bond acceptors (Lipinski definition) is 3. The van der Waals surface area contributed by atoms with Gasteiger partial charge >= 0.3 is 0 Å². The quantitative estimate of drug-likeness (QED) is 0.409. The second kappa shape index (κ2) is 2.62. The van der Waals surface area contributed by atoms with Crippen molar-refractivity contribution in [3.8, 4) is 0 Å². The average molecular weight is 128 g/mol. The van der Waals surface area contributed by atoms with E-state index in [1.54, 1.807) is 0 Å². The van der Waals surface area contributed by atoms with Crippen LogP contribution in [0.5, 0.6) is 0 Å². The highest BCUT2D eigenvalue weighted by atomic mass is 16.5. The Labute approximate surface area is 55.0 Å². The van der Waals surface area contributed by atoms with Crippen LogP contribution in [0.25, 0.3) is 0 Å². The molecule has 0 heterocycles. The van der Waals surface area contributed by atoms with Crippen LogP contribution in [0.2, 0.25) is 0 Å². The van der Waals surface area contributed by atoms with E-state index in [2.05, 4.69) is 4.74 Å². The Bertz CT molecular complexity index is 124. The van der Waals surface area contributed by atoms with Gasteiger partial charge in [0.2, 0.25) is 0 Å². The van der Waals surface area contributed by atoms with Crippen LogP contribution in [0.15, 0.2) is 0 Å². The molecule has 0 saturated carbocycles. The third-order valence-electron chi connectivity index (χ3n) is 0.858. The van der Waals surface area contributed by atoms with E-state index in [1.165, 1.54) is 0 Å². The summed E-state index contributed by atoms with van der Waals surface area (Å²) in [4.78, 5) is 0. The van der Waals surface area contributed by atoms with Gasteiger partial charge in [-0.1, -0.05) is 20.8 Å². The Morgan fingerprint density at radius 2 is 1.89 bits per heavy atom. The molecule has 9 heavy (non-hydrogen) atoms. The first-order chi connectivity index (χ1) is 3.98. The highest BCUT2D eigenvalue weighted by Crippen LogP contribution is 2.14. The van der Waals surface area contributed by atoms with Gasteiger partial charge in [-0.15, -0.1) is 0 Å². The maximum absolute atomic E-state index is 7.17. The van der Waals surface area contributed by atoms with Crippen molar-refractivity contribution in [3.63, 3.8) is 0 Å². The molecule has 3 heteroatoms. The van der Waals surface area contributed by atoms with E-state index in [0.717, 1.165) is 6.40 Å². The van der Waals surface area contributed by atoms with E-state index < -0.39 is 0 Å². The molecule has 2 N–H and O–H groups in total. The van der Waals surface area contributed by atoms with E-state index in [0.29, 0.717) is 0 Å². The van der Waals surface area contributed by atoms with Crippen LogP contribution in [0.4, 0.5) is 0 Å². The minimum absolute atomic E-state index is 0.123. The van der Waals surface area contributed by atoms with Gasteiger partial charge in [0.05, 0.1) is 0 Å². The van der Waals surface area contributed by atoms with Crippen molar-refractivity contribution in [2.24, 2.45) is 5.41 Å². The van der Waals surface area contributed by atoms with E-state index >= 15 is 0 Å². The Balaban J connectivity index is 3.88. The SMILES string of the molecule is CC(C)(C)C(=N)OC=N. The van der Waals surface area contributed by atoms with E-state index in [9.17, 15) is 0 Å². The second-order valence-corrected chi connectivity index (χ2v) is 2.81. The summed E-state index contributed by atoms with van der Waals surface area (Å²) in [5, 5.41) is 13.7. The zero-order chi connectivity index (χ0) is 7.49. The van der Waals surface area contributed by atoms with Gasteiger partial charge in [-0.05, 0) is 0 Å². The molecule has 0 atom stereocenters. The van der Waals surface area contributed by atoms with Gasteiger partial charge < -0.3 is 4.74 Å².